The van der Waals surface area contributed by atoms with Crippen LogP contribution in [0.4, 0.5) is 17.3 Å². The van der Waals surface area contributed by atoms with Gasteiger partial charge in [-0.3, -0.25) is 10.1 Å². The molecule has 2 rings (SSSR count). The minimum Gasteiger partial charge on any atom is -0.388 e. The number of hydrogen-bond donors (Lipinski definition) is 3. The zero-order valence-electron chi connectivity index (χ0n) is 11.5. The molecule has 0 unspecified atom stereocenters. The largest absolute Gasteiger partial charge is 0.388 e. The summed E-state index contributed by atoms with van der Waals surface area (Å²) < 4.78 is 0. The summed E-state index contributed by atoms with van der Waals surface area (Å²) in [4.78, 5) is 14.4. The molecule has 0 saturated heterocycles. The fraction of sp³-hybridized carbons (Fsp3) is 0.615. The highest BCUT2D eigenvalue weighted by Gasteiger charge is 2.32. The molecular formula is C13H20N4O3. The van der Waals surface area contributed by atoms with Crippen molar-refractivity contribution in [2.45, 2.75) is 38.2 Å². The Morgan fingerprint density at radius 2 is 2.20 bits per heavy atom. The first-order valence-electron chi connectivity index (χ1n) is 6.77. The number of nitrogens with zero attached hydrogens (tertiary/aromatic N) is 2. The lowest BCUT2D eigenvalue weighted by molar-refractivity contribution is -0.384. The van der Waals surface area contributed by atoms with E-state index >= 15 is 0 Å². The van der Waals surface area contributed by atoms with Crippen molar-refractivity contribution in [1.29, 1.82) is 0 Å². The fourth-order valence-corrected chi connectivity index (χ4v) is 2.47. The Kier molecular flexibility index (Phi) is 4.08. The molecule has 0 aromatic carbocycles. The summed E-state index contributed by atoms with van der Waals surface area (Å²) in [5.41, 5.74) is 4.59. The van der Waals surface area contributed by atoms with Crippen LogP contribution in [0.2, 0.25) is 0 Å². The van der Waals surface area contributed by atoms with E-state index in [1.807, 2.05) is 0 Å². The molecule has 4 N–H and O–H groups in total. The van der Waals surface area contributed by atoms with Gasteiger partial charge < -0.3 is 16.2 Å². The predicted octanol–water partition coefficient (Wildman–Crippen LogP) is 1.93. The lowest BCUT2D eigenvalue weighted by Crippen LogP contribution is -2.40. The third-order valence-corrected chi connectivity index (χ3v) is 3.88. The van der Waals surface area contributed by atoms with Crippen molar-refractivity contribution in [2.24, 2.45) is 5.92 Å². The first-order valence-corrected chi connectivity index (χ1v) is 6.77. The molecule has 0 radical (unpaired) electrons. The lowest BCUT2D eigenvalue weighted by atomic mass is 9.79. The summed E-state index contributed by atoms with van der Waals surface area (Å²) in [5, 5.41) is 24.3. The summed E-state index contributed by atoms with van der Waals surface area (Å²) in [7, 11) is 0. The van der Waals surface area contributed by atoms with Gasteiger partial charge in [0.2, 0.25) is 5.82 Å². The number of nitrogen functional groups attached to an aromatic ring is 1. The Morgan fingerprint density at radius 1 is 1.55 bits per heavy atom. The zero-order valence-corrected chi connectivity index (χ0v) is 11.5. The molecular weight excluding hydrogens is 260 g/mol. The lowest BCUT2D eigenvalue weighted by Gasteiger charge is -2.35. The summed E-state index contributed by atoms with van der Waals surface area (Å²) in [6, 6.07) is 2.71. The SMILES string of the molecule is CC1CCC(O)(CNc2nc(N)ccc2[N+](=O)[O-])CC1. The maximum atomic E-state index is 10.9. The highest BCUT2D eigenvalue weighted by Crippen LogP contribution is 2.32. The van der Waals surface area contributed by atoms with Crippen molar-refractivity contribution in [3.63, 3.8) is 0 Å². The van der Waals surface area contributed by atoms with E-state index < -0.39 is 10.5 Å². The molecule has 110 valence electrons. The standard InChI is InChI=1S/C13H20N4O3/c1-9-4-6-13(18,7-5-9)8-15-12-10(17(19)20)2-3-11(14)16-12/h2-3,9,18H,4-8H2,1H3,(H3,14,15,16). The summed E-state index contributed by atoms with van der Waals surface area (Å²) in [6.45, 7) is 2.41. The van der Waals surface area contributed by atoms with Gasteiger partial charge in [0.05, 0.1) is 10.5 Å². The van der Waals surface area contributed by atoms with Crippen molar-refractivity contribution in [3.8, 4) is 0 Å². The second-order valence-electron chi connectivity index (χ2n) is 5.62. The van der Waals surface area contributed by atoms with Crippen LogP contribution < -0.4 is 11.1 Å². The minimum atomic E-state index is -0.827. The Balaban J connectivity index is 2.07. The van der Waals surface area contributed by atoms with Crippen LogP contribution in [-0.4, -0.2) is 27.2 Å². The topological polar surface area (TPSA) is 114 Å². The molecule has 0 atom stereocenters. The smallest absolute Gasteiger partial charge is 0.311 e. The average Bonchev–Trinajstić information content (AvgIpc) is 2.40. The van der Waals surface area contributed by atoms with Crippen molar-refractivity contribution in [3.05, 3.63) is 22.2 Å². The maximum Gasteiger partial charge on any atom is 0.311 e. The van der Waals surface area contributed by atoms with E-state index in [0.29, 0.717) is 18.8 Å². The molecule has 20 heavy (non-hydrogen) atoms. The molecule has 0 spiro atoms. The first kappa shape index (κ1) is 14.5. The van der Waals surface area contributed by atoms with E-state index in [2.05, 4.69) is 17.2 Å². The van der Waals surface area contributed by atoms with Gasteiger partial charge in [-0.2, -0.15) is 0 Å². The Morgan fingerprint density at radius 3 is 2.80 bits per heavy atom. The number of pyridine rings is 1. The molecule has 7 nitrogen and oxygen atoms in total. The van der Waals surface area contributed by atoms with Crippen LogP contribution in [0.1, 0.15) is 32.6 Å². The molecule has 7 heteroatoms. The minimum absolute atomic E-state index is 0.113. The van der Waals surface area contributed by atoms with E-state index in [0.717, 1.165) is 12.8 Å². The van der Waals surface area contributed by atoms with E-state index in [4.69, 9.17) is 5.73 Å². The molecule has 1 fully saturated rings. The van der Waals surface area contributed by atoms with E-state index in [1.165, 1.54) is 12.1 Å². The molecule has 1 aromatic rings. The summed E-state index contributed by atoms with van der Waals surface area (Å²) in [6.07, 6.45) is 3.31. The fourth-order valence-electron chi connectivity index (χ4n) is 2.47. The van der Waals surface area contributed by atoms with E-state index in [1.54, 1.807) is 0 Å². The van der Waals surface area contributed by atoms with Crippen molar-refractivity contribution in [2.75, 3.05) is 17.6 Å². The quantitative estimate of drug-likeness (QED) is 0.573. The number of rotatable bonds is 4. The summed E-state index contributed by atoms with van der Waals surface area (Å²) in [5.74, 6) is 0.944. The van der Waals surface area contributed by atoms with Gasteiger partial charge in [-0.25, -0.2) is 4.98 Å². The monoisotopic (exact) mass is 280 g/mol. The van der Waals surface area contributed by atoms with Gasteiger partial charge in [0.1, 0.15) is 5.82 Å². The number of aromatic nitrogens is 1. The van der Waals surface area contributed by atoms with Crippen molar-refractivity contribution >= 4 is 17.3 Å². The average molecular weight is 280 g/mol. The second-order valence-corrected chi connectivity index (χ2v) is 5.62. The van der Waals surface area contributed by atoms with Gasteiger partial charge in [0.25, 0.3) is 0 Å². The molecule has 1 aromatic heterocycles. The van der Waals surface area contributed by atoms with Crippen LogP contribution in [0.25, 0.3) is 0 Å². The predicted molar refractivity (Wildman–Crippen MR) is 76.4 cm³/mol. The number of nitrogens with two attached hydrogens (primary N) is 1. The molecule has 1 heterocycles. The number of hydrogen-bond acceptors (Lipinski definition) is 6. The highest BCUT2D eigenvalue weighted by molar-refractivity contribution is 5.59. The van der Waals surface area contributed by atoms with Gasteiger partial charge in [-0.05, 0) is 37.7 Å². The maximum absolute atomic E-state index is 10.9. The third kappa shape index (κ3) is 3.36. The molecule has 0 amide bonds. The van der Waals surface area contributed by atoms with E-state index in [-0.39, 0.29) is 23.9 Å². The molecule has 1 aliphatic carbocycles. The van der Waals surface area contributed by atoms with Crippen LogP contribution in [0.3, 0.4) is 0 Å². The van der Waals surface area contributed by atoms with Gasteiger partial charge in [-0.1, -0.05) is 6.92 Å². The van der Waals surface area contributed by atoms with Crippen molar-refractivity contribution < 1.29 is 10.0 Å². The van der Waals surface area contributed by atoms with Gasteiger partial charge >= 0.3 is 5.69 Å². The van der Waals surface area contributed by atoms with Crippen LogP contribution in [-0.2, 0) is 0 Å². The molecule has 1 aliphatic rings. The number of aliphatic hydroxyl groups is 1. The molecule has 0 aliphatic heterocycles. The van der Waals surface area contributed by atoms with Crippen LogP contribution >= 0.6 is 0 Å². The highest BCUT2D eigenvalue weighted by atomic mass is 16.6. The Labute approximate surface area is 117 Å². The molecule has 1 saturated carbocycles. The molecule has 0 bridgehead atoms. The number of nitro groups is 1. The second kappa shape index (κ2) is 5.62. The number of nitrogens with one attached hydrogen (secondary N) is 1. The van der Waals surface area contributed by atoms with Gasteiger partial charge in [-0.15, -0.1) is 0 Å². The summed E-state index contributed by atoms with van der Waals surface area (Å²) >= 11 is 0. The Hall–Kier alpha value is -1.89. The van der Waals surface area contributed by atoms with E-state index in [9.17, 15) is 15.2 Å². The van der Waals surface area contributed by atoms with Crippen molar-refractivity contribution in [1.82, 2.24) is 4.98 Å². The van der Waals surface area contributed by atoms with Gasteiger partial charge in [0, 0.05) is 12.6 Å². The third-order valence-electron chi connectivity index (χ3n) is 3.88. The number of anilines is 2. The van der Waals surface area contributed by atoms with Crippen LogP contribution in [0.5, 0.6) is 0 Å². The normalized spacial score (nSPS) is 26.2. The first-order chi connectivity index (χ1) is 9.39. The van der Waals surface area contributed by atoms with Crippen LogP contribution in [0.15, 0.2) is 12.1 Å². The van der Waals surface area contributed by atoms with Crippen LogP contribution in [0, 0.1) is 16.0 Å². The Bertz CT molecular complexity index is 498. The van der Waals surface area contributed by atoms with Gasteiger partial charge in [0.15, 0.2) is 0 Å². The zero-order chi connectivity index (χ0) is 14.8.